The van der Waals surface area contributed by atoms with Gasteiger partial charge in [-0.05, 0) is 79.0 Å². The van der Waals surface area contributed by atoms with E-state index in [2.05, 4.69) is 80.3 Å². The second-order valence-corrected chi connectivity index (χ2v) is 8.49. The predicted molar refractivity (Wildman–Crippen MR) is 127 cm³/mol. The predicted octanol–water partition coefficient (Wildman–Crippen LogP) is 8.19. The minimum atomic E-state index is 0.906. The lowest BCUT2D eigenvalue weighted by molar-refractivity contribution is 0.428. The zero-order valence-electron chi connectivity index (χ0n) is 18.3. The Morgan fingerprint density at radius 2 is 1.45 bits per heavy atom. The molecule has 0 aliphatic heterocycles. The molecule has 1 aliphatic carbocycles. The molecule has 0 spiro atoms. The molecule has 0 saturated carbocycles. The van der Waals surface area contributed by atoms with Gasteiger partial charge in [-0.2, -0.15) is 0 Å². The van der Waals surface area contributed by atoms with Crippen molar-refractivity contribution < 1.29 is 0 Å². The van der Waals surface area contributed by atoms with E-state index in [0.29, 0.717) is 0 Å². The highest BCUT2D eigenvalue weighted by atomic mass is 14.2. The number of hydrogen-bond donors (Lipinski definition) is 0. The number of rotatable bonds is 8. The molecule has 0 fully saturated rings. The summed E-state index contributed by atoms with van der Waals surface area (Å²) in [7, 11) is 0. The second kappa shape index (κ2) is 11.7. The summed E-state index contributed by atoms with van der Waals surface area (Å²) in [5, 5.41) is 0. The van der Waals surface area contributed by atoms with E-state index in [4.69, 9.17) is 0 Å². The highest BCUT2D eigenvalue weighted by molar-refractivity contribution is 5.67. The molecule has 0 amide bonds. The zero-order chi connectivity index (χ0) is 20.3. The average molecular weight is 385 g/mol. The molecule has 3 rings (SSSR count). The first-order valence-electron chi connectivity index (χ1n) is 11.7. The first-order chi connectivity index (χ1) is 14.3. The van der Waals surface area contributed by atoms with E-state index < -0.39 is 0 Å². The maximum Gasteiger partial charge on any atom is 0.0249 e. The summed E-state index contributed by atoms with van der Waals surface area (Å²) >= 11 is 0. The maximum atomic E-state index is 3.32. The van der Waals surface area contributed by atoms with Crippen LogP contribution in [0.4, 0.5) is 0 Å². The standard InChI is InChI=1S/C29H36/c1-3-5-7-9-25-16-20-28(21-17-25)29-22-18-27(19-23-29)15-14-26-12-10-24(11-13-26)8-6-4-2/h10-13,18-20,22-23,25H,3-9,16-17,21H2,1-2H3. The van der Waals surface area contributed by atoms with Crippen molar-refractivity contribution in [2.24, 2.45) is 5.92 Å². The maximum absolute atomic E-state index is 3.32. The minimum absolute atomic E-state index is 0.906. The molecule has 0 N–H and O–H groups in total. The molecule has 2 aromatic rings. The highest BCUT2D eigenvalue weighted by Crippen LogP contribution is 2.32. The van der Waals surface area contributed by atoms with Crippen molar-refractivity contribution in [1.82, 2.24) is 0 Å². The van der Waals surface area contributed by atoms with Crippen LogP contribution in [0.2, 0.25) is 0 Å². The van der Waals surface area contributed by atoms with Crippen LogP contribution in [-0.4, -0.2) is 0 Å². The Balaban J connectivity index is 1.55. The second-order valence-electron chi connectivity index (χ2n) is 8.49. The quantitative estimate of drug-likeness (QED) is 0.318. The SMILES string of the molecule is CCCCCC1CC=C(c2ccc(C#Cc3ccc(CCCC)cc3)cc2)CC1. The van der Waals surface area contributed by atoms with Crippen LogP contribution < -0.4 is 0 Å². The smallest absolute Gasteiger partial charge is 0.0249 e. The number of unbranched alkanes of at least 4 members (excludes halogenated alkanes) is 3. The van der Waals surface area contributed by atoms with Crippen molar-refractivity contribution in [1.29, 1.82) is 0 Å². The molecule has 0 aromatic heterocycles. The molecule has 0 saturated heterocycles. The molecule has 1 aliphatic rings. The van der Waals surface area contributed by atoms with E-state index in [1.807, 2.05) is 0 Å². The van der Waals surface area contributed by atoms with Gasteiger partial charge >= 0.3 is 0 Å². The molecular weight excluding hydrogens is 348 g/mol. The summed E-state index contributed by atoms with van der Waals surface area (Å²) < 4.78 is 0. The van der Waals surface area contributed by atoms with Gasteiger partial charge in [0, 0.05) is 11.1 Å². The molecule has 0 radical (unpaired) electrons. The van der Waals surface area contributed by atoms with Gasteiger partial charge < -0.3 is 0 Å². The van der Waals surface area contributed by atoms with Gasteiger partial charge in [0.2, 0.25) is 0 Å². The van der Waals surface area contributed by atoms with Crippen LogP contribution in [-0.2, 0) is 6.42 Å². The molecule has 1 unspecified atom stereocenters. The van der Waals surface area contributed by atoms with Crippen molar-refractivity contribution in [3.8, 4) is 11.8 Å². The first kappa shape index (κ1) is 21.4. The Labute approximate surface area is 178 Å². The molecule has 0 bridgehead atoms. The molecular formula is C29H36. The molecule has 29 heavy (non-hydrogen) atoms. The normalized spacial score (nSPS) is 16.1. The Kier molecular flexibility index (Phi) is 8.63. The third kappa shape index (κ3) is 6.93. The Bertz CT molecular complexity index is 824. The topological polar surface area (TPSA) is 0 Å². The van der Waals surface area contributed by atoms with Gasteiger partial charge in [-0.25, -0.2) is 0 Å². The van der Waals surface area contributed by atoms with Crippen molar-refractivity contribution in [3.63, 3.8) is 0 Å². The van der Waals surface area contributed by atoms with E-state index in [0.717, 1.165) is 17.0 Å². The summed E-state index contributed by atoms with van der Waals surface area (Å²) in [6.45, 7) is 4.53. The lowest BCUT2D eigenvalue weighted by Gasteiger charge is -2.22. The van der Waals surface area contributed by atoms with Gasteiger partial charge in [0.05, 0.1) is 0 Å². The molecule has 0 heterocycles. The Hall–Kier alpha value is -2.26. The number of hydrogen-bond acceptors (Lipinski definition) is 0. The van der Waals surface area contributed by atoms with Gasteiger partial charge in [-0.15, -0.1) is 0 Å². The van der Waals surface area contributed by atoms with E-state index in [-0.39, 0.29) is 0 Å². The van der Waals surface area contributed by atoms with Gasteiger partial charge in [-0.3, -0.25) is 0 Å². The van der Waals surface area contributed by atoms with Crippen LogP contribution in [0.25, 0.3) is 5.57 Å². The van der Waals surface area contributed by atoms with Crippen LogP contribution in [0.1, 0.15) is 93.9 Å². The fourth-order valence-corrected chi connectivity index (χ4v) is 4.14. The summed E-state index contributed by atoms with van der Waals surface area (Å²) in [5.41, 5.74) is 6.51. The van der Waals surface area contributed by atoms with Gasteiger partial charge in [0.25, 0.3) is 0 Å². The third-order valence-corrected chi connectivity index (χ3v) is 6.12. The summed E-state index contributed by atoms with van der Waals surface area (Å²) in [6.07, 6.45) is 15.5. The van der Waals surface area contributed by atoms with E-state index in [9.17, 15) is 0 Å². The summed E-state index contributed by atoms with van der Waals surface area (Å²) in [5.74, 6) is 7.54. The molecule has 0 nitrogen and oxygen atoms in total. The van der Waals surface area contributed by atoms with Gasteiger partial charge in [-0.1, -0.05) is 88.1 Å². The average Bonchev–Trinajstić information content (AvgIpc) is 2.78. The van der Waals surface area contributed by atoms with Crippen LogP contribution in [0, 0.1) is 17.8 Å². The van der Waals surface area contributed by atoms with Crippen LogP contribution in [0.15, 0.2) is 54.6 Å². The van der Waals surface area contributed by atoms with E-state index >= 15 is 0 Å². The van der Waals surface area contributed by atoms with Crippen LogP contribution in [0.5, 0.6) is 0 Å². The Morgan fingerprint density at radius 1 is 0.793 bits per heavy atom. The number of allylic oxidation sites excluding steroid dienone is 2. The summed E-state index contributed by atoms with van der Waals surface area (Å²) in [4.78, 5) is 0. The number of benzene rings is 2. The third-order valence-electron chi connectivity index (χ3n) is 6.12. The fourth-order valence-electron chi connectivity index (χ4n) is 4.14. The van der Waals surface area contributed by atoms with Gasteiger partial charge in [0.15, 0.2) is 0 Å². The first-order valence-corrected chi connectivity index (χ1v) is 11.7. The monoisotopic (exact) mass is 384 g/mol. The van der Waals surface area contributed by atoms with Crippen molar-refractivity contribution in [3.05, 3.63) is 76.9 Å². The van der Waals surface area contributed by atoms with Crippen molar-refractivity contribution in [2.45, 2.75) is 78.1 Å². The molecule has 2 aromatic carbocycles. The highest BCUT2D eigenvalue weighted by Gasteiger charge is 2.14. The van der Waals surface area contributed by atoms with Crippen LogP contribution >= 0.6 is 0 Å². The van der Waals surface area contributed by atoms with Gasteiger partial charge in [0.1, 0.15) is 0 Å². The summed E-state index contributed by atoms with van der Waals surface area (Å²) in [6, 6.07) is 17.6. The van der Waals surface area contributed by atoms with Crippen molar-refractivity contribution >= 4 is 5.57 Å². The molecule has 152 valence electrons. The van der Waals surface area contributed by atoms with Crippen molar-refractivity contribution in [2.75, 3.05) is 0 Å². The molecule has 1 atom stereocenters. The minimum Gasteiger partial charge on any atom is -0.0804 e. The lowest BCUT2D eigenvalue weighted by atomic mass is 9.84. The van der Waals surface area contributed by atoms with E-state index in [1.165, 1.54) is 80.9 Å². The van der Waals surface area contributed by atoms with Crippen LogP contribution in [0.3, 0.4) is 0 Å². The van der Waals surface area contributed by atoms with E-state index in [1.54, 1.807) is 0 Å². The lowest BCUT2D eigenvalue weighted by Crippen LogP contribution is -2.05. The molecule has 0 heteroatoms. The Morgan fingerprint density at radius 3 is 2.03 bits per heavy atom. The fraction of sp³-hybridized carbons (Fsp3) is 0.448. The number of aryl methyl sites for hydroxylation is 1. The largest absolute Gasteiger partial charge is 0.0804 e. The zero-order valence-corrected chi connectivity index (χ0v) is 18.3.